The topological polar surface area (TPSA) is 108 Å². The summed E-state index contributed by atoms with van der Waals surface area (Å²) in [5, 5.41) is 4.22. The number of amidine groups is 1. The minimum absolute atomic E-state index is 0.149. The number of aryl methyl sites for hydroxylation is 1. The molecule has 12 heteroatoms. The van der Waals surface area contributed by atoms with Crippen LogP contribution in [0.2, 0.25) is 4.34 Å². The van der Waals surface area contributed by atoms with E-state index >= 15 is 0 Å². The number of halogens is 1. The summed E-state index contributed by atoms with van der Waals surface area (Å²) >= 11 is 6.95. The van der Waals surface area contributed by atoms with E-state index in [1.165, 1.54) is 6.07 Å². The normalized spacial score (nSPS) is 16.0. The summed E-state index contributed by atoms with van der Waals surface area (Å²) in [4.78, 5) is 14.1. The molecule has 3 aromatic rings. The summed E-state index contributed by atoms with van der Waals surface area (Å²) in [6.45, 7) is 5.01. The van der Waals surface area contributed by atoms with E-state index in [-0.39, 0.29) is 10.3 Å². The summed E-state index contributed by atoms with van der Waals surface area (Å²) in [5.74, 6) is 1.44. The van der Waals surface area contributed by atoms with Crippen LogP contribution >= 0.6 is 22.9 Å². The summed E-state index contributed by atoms with van der Waals surface area (Å²) < 4.78 is 30.4. The summed E-state index contributed by atoms with van der Waals surface area (Å²) in [6, 6.07) is 4.97. The monoisotopic (exact) mass is 493 g/mol. The number of piperidine rings is 1. The van der Waals surface area contributed by atoms with Crippen molar-refractivity contribution in [1.29, 1.82) is 0 Å². The van der Waals surface area contributed by atoms with Crippen LogP contribution in [0.3, 0.4) is 0 Å². The van der Waals surface area contributed by atoms with E-state index < -0.39 is 10.0 Å². The standard InChI is InChI=1S/C20H24ClN7O2S2/c1-22-19-15(10-16(25-19)13-11-24-27(3)12-13)20(23-2)28-8-6-14(7-9-28)26-32(29,30)18-5-4-17(21)31-18/h4-5,10-12,14,25-26H,1,6-9H2,2-3H3/b23-20+. The molecule has 0 spiro atoms. The first-order valence-corrected chi connectivity index (χ1v) is 12.7. The zero-order valence-corrected chi connectivity index (χ0v) is 20.1. The molecule has 170 valence electrons. The van der Waals surface area contributed by atoms with Gasteiger partial charge in [-0.2, -0.15) is 5.10 Å². The molecule has 2 N–H and O–H groups in total. The number of hydrogen-bond acceptors (Lipinski definition) is 6. The quantitative estimate of drug-likeness (QED) is 0.405. The van der Waals surface area contributed by atoms with Crippen LogP contribution in [-0.4, -0.2) is 66.8 Å². The Labute approximate surface area is 195 Å². The lowest BCUT2D eigenvalue weighted by molar-refractivity contribution is 0.302. The highest BCUT2D eigenvalue weighted by atomic mass is 35.5. The Hall–Kier alpha value is -2.47. The summed E-state index contributed by atoms with van der Waals surface area (Å²) in [5.41, 5.74) is 2.68. The third-order valence-corrected chi connectivity index (χ3v) is 8.60. The Morgan fingerprint density at radius 2 is 2.12 bits per heavy atom. The molecule has 0 aromatic carbocycles. The molecule has 1 aliphatic heterocycles. The Morgan fingerprint density at radius 3 is 2.69 bits per heavy atom. The van der Waals surface area contributed by atoms with Gasteiger partial charge in [0.05, 0.1) is 21.8 Å². The number of sulfonamides is 1. The minimum Gasteiger partial charge on any atom is -0.356 e. The fraction of sp³-hybridized carbons (Fsp3) is 0.350. The molecule has 4 rings (SSSR count). The molecule has 1 aliphatic rings. The summed E-state index contributed by atoms with van der Waals surface area (Å²) in [6.07, 6.45) is 5.02. The van der Waals surface area contributed by atoms with Crippen LogP contribution < -0.4 is 4.72 Å². The molecule has 3 aromatic heterocycles. The molecule has 0 unspecified atom stereocenters. The first-order valence-electron chi connectivity index (χ1n) is 9.99. The van der Waals surface area contributed by atoms with Crippen LogP contribution in [0, 0.1) is 0 Å². The van der Waals surface area contributed by atoms with E-state index in [4.69, 9.17) is 11.6 Å². The van der Waals surface area contributed by atoms with Crippen molar-refractivity contribution < 1.29 is 8.42 Å². The lowest BCUT2D eigenvalue weighted by atomic mass is 10.0. The van der Waals surface area contributed by atoms with Gasteiger partial charge in [0.15, 0.2) is 0 Å². The van der Waals surface area contributed by atoms with E-state index in [2.05, 4.69) is 36.4 Å². The Bertz CT molecular complexity index is 1250. The van der Waals surface area contributed by atoms with Gasteiger partial charge in [0.2, 0.25) is 10.0 Å². The summed E-state index contributed by atoms with van der Waals surface area (Å²) in [7, 11) is 0.0384. The Morgan fingerprint density at radius 1 is 1.38 bits per heavy atom. The molecule has 1 saturated heterocycles. The molecule has 4 heterocycles. The van der Waals surface area contributed by atoms with Crippen LogP contribution in [0.15, 0.2) is 44.8 Å². The highest BCUT2D eigenvalue weighted by Crippen LogP contribution is 2.30. The fourth-order valence-corrected chi connectivity index (χ4v) is 6.62. The Balaban J connectivity index is 1.47. The molecule has 9 nitrogen and oxygen atoms in total. The van der Waals surface area contributed by atoms with Crippen LogP contribution in [0.1, 0.15) is 18.4 Å². The maximum atomic E-state index is 12.6. The van der Waals surface area contributed by atoms with Crippen molar-refractivity contribution in [3.05, 3.63) is 40.5 Å². The SMILES string of the molecule is C=Nc1[nH]c(-c2cnn(C)c2)cc1/C(=N\C)N1CCC(NS(=O)(=O)c2ccc(Cl)s2)CC1. The number of likely N-dealkylation sites (tertiary alicyclic amines) is 1. The zero-order chi connectivity index (χ0) is 22.9. The number of aromatic amines is 1. The third-order valence-electron chi connectivity index (χ3n) is 5.35. The van der Waals surface area contributed by atoms with Crippen LogP contribution in [0.25, 0.3) is 11.3 Å². The highest BCUT2D eigenvalue weighted by molar-refractivity contribution is 7.91. The largest absolute Gasteiger partial charge is 0.356 e. The number of aromatic nitrogens is 3. The molecule has 0 atom stereocenters. The number of nitrogens with one attached hydrogen (secondary N) is 2. The smallest absolute Gasteiger partial charge is 0.250 e. The van der Waals surface area contributed by atoms with E-state index in [9.17, 15) is 8.42 Å². The van der Waals surface area contributed by atoms with Gasteiger partial charge in [-0.3, -0.25) is 9.67 Å². The first-order chi connectivity index (χ1) is 15.3. The van der Waals surface area contributed by atoms with Gasteiger partial charge in [0.1, 0.15) is 15.9 Å². The molecular formula is C20H24ClN7O2S2. The average molecular weight is 494 g/mol. The van der Waals surface area contributed by atoms with Crippen molar-refractivity contribution >= 4 is 51.3 Å². The third kappa shape index (κ3) is 4.65. The van der Waals surface area contributed by atoms with E-state index in [1.54, 1.807) is 24.0 Å². The van der Waals surface area contributed by atoms with Crippen molar-refractivity contribution in [2.24, 2.45) is 17.0 Å². The maximum absolute atomic E-state index is 12.6. The van der Waals surface area contributed by atoms with Gasteiger partial charge in [-0.15, -0.1) is 11.3 Å². The maximum Gasteiger partial charge on any atom is 0.250 e. The van der Waals surface area contributed by atoms with Gasteiger partial charge in [-0.25, -0.2) is 18.1 Å². The van der Waals surface area contributed by atoms with Crippen molar-refractivity contribution in [2.75, 3.05) is 20.1 Å². The molecular weight excluding hydrogens is 470 g/mol. The molecule has 0 bridgehead atoms. The van der Waals surface area contributed by atoms with E-state index in [0.717, 1.165) is 34.0 Å². The molecule has 0 aliphatic carbocycles. The number of nitrogens with zero attached hydrogens (tertiary/aromatic N) is 5. The number of thiophene rings is 1. The van der Waals surface area contributed by atoms with Crippen molar-refractivity contribution in [3.63, 3.8) is 0 Å². The zero-order valence-electron chi connectivity index (χ0n) is 17.7. The number of aliphatic imine (C=N–C) groups is 2. The average Bonchev–Trinajstić information content (AvgIpc) is 3.49. The van der Waals surface area contributed by atoms with Crippen molar-refractivity contribution in [1.82, 2.24) is 24.4 Å². The van der Waals surface area contributed by atoms with Crippen molar-refractivity contribution in [3.8, 4) is 11.3 Å². The second-order valence-corrected chi connectivity index (χ2v) is 11.2. The predicted molar refractivity (Wildman–Crippen MR) is 129 cm³/mol. The minimum atomic E-state index is -3.57. The fourth-order valence-electron chi connectivity index (χ4n) is 3.82. The van der Waals surface area contributed by atoms with Crippen LogP contribution in [0.4, 0.5) is 5.82 Å². The van der Waals surface area contributed by atoms with E-state index in [1.807, 2.05) is 19.3 Å². The van der Waals surface area contributed by atoms with Gasteiger partial charge in [-0.1, -0.05) is 11.6 Å². The number of hydrogen-bond donors (Lipinski definition) is 2. The Kier molecular flexibility index (Phi) is 6.52. The van der Waals surface area contributed by atoms with Crippen molar-refractivity contribution in [2.45, 2.75) is 23.1 Å². The van der Waals surface area contributed by atoms with Gasteiger partial charge < -0.3 is 9.88 Å². The first kappa shape index (κ1) is 22.7. The lowest BCUT2D eigenvalue weighted by Crippen LogP contribution is -2.46. The second-order valence-electron chi connectivity index (χ2n) is 7.49. The molecule has 1 fully saturated rings. The highest BCUT2D eigenvalue weighted by Gasteiger charge is 2.28. The van der Waals surface area contributed by atoms with Gasteiger partial charge >= 0.3 is 0 Å². The second kappa shape index (κ2) is 9.18. The van der Waals surface area contributed by atoms with Crippen LogP contribution in [0.5, 0.6) is 0 Å². The van der Waals surface area contributed by atoms with Gasteiger partial charge in [0, 0.05) is 45.0 Å². The molecule has 0 saturated carbocycles. The number of rotatable bonds is 6. The predicted octanol–water partition coefficient (Wildman–Crippen LogP) is 3.28. The van der Waals surface area contributed by atoms with E-state index in [0.29, 0.717) is 36.1 Å². The molecule has 32 heavy (non-hydrogen) atoms. The lowest BCUT2D eigenvalue weighted by Gasteiger charge is -2.34. The van der Waals surface area contributed by atoms with Crippen LogP contribution in [-0.2, 0) is 17.1 Å². The number of H-pyrrole nitrogens is 1. The molecule has 0 amide bonds. The van der Waals surface area contributed by atoms with Gasteiger partial charge in [-0.05, 0) is 37.8 Å². The molecule has 0 radical (unpaired) electrons. The van der Waals surface area contributed by atoms with Gasteiger partial charge in [0.25, 0.3) is 0 Å².